The number of fused-ring (bicyclic) bond motifs is 5. The van der Waals surface area contributed by atoms with Gasteiger partial charge in [0.25, 0.3) is 0 Å². The average Bonchev–Trinajstić information content (AvgIpc) is 3.09. The first-order valence-corrected chi connectivity index (χ1v) is 11.1. The standard InChI is InChI=1S/C26H33NO2/c1-17(28)29-20-10-12-25(2)19(15-20)6-7-21-23-9-8-22(18-5-4-14-27-16-18)26(23,3)13-11-24(21)25/h4-6,8,14,16,20-21,23-24H,7,9-13,15H2,1-3H3/t20-,21-,23-,24-,25-,26+/m0/s1/i4D,5D,14D,16D. The number of nitrogens with zero attached hydrogens (tertiary/aromatic N) is 1. The Morgan fingerprint density at radius 3 is 2.83 bits per heavy atom. The van der Waals surface area contributed by atoms with Gasteiger partial charge in [-0.05, 0) is 84.3 Å². The molecule has 1 aromatic heterocycles. The molecule has 29 heavy (non-hydrogen) atoms. The van der Waals surface area contributed by atoms with Crippen LogP contribution in [-0.2, 0) is 9.53 Å². The second-order valence-electron chi connectivity index (χ2n) is 10.0. The summed E-state index contributed by atoms with van der Waals surface area (Å²) >= 11 is 0. The van der Waals surface area contributed by atoms with Crippen molar-refractivity contribution in [3.05, 3.63) is 47.7 Å². The molecule has 0 unspecified atom stereocenters. The van der Waals surface area contributed by atoms with Crippen LogP contribution in [0.25, 0.3) is 5.57 Å². The molecule has 3 nitrogen and oxygen atoms in total. The number of hydrogen-bond acceptors (Lipinski definition) is 3. The molecular weight excluding hydrogens is 358 g/mol. The highest BCUT2D eigenvalue weighted by atomic mass is 16.5. The smallest absolute Gasteiger partial charge is 0.302 e. The largest absolute Gasteiger partial charge is 0.462 e. The van der Waals surface area contributed by atoms with Gasteiger partial charge in [-0.3, -0.25) is 9.78 Å². The second kappa shape index (κ2) is 6.82. The lowest BCUT2D eigenvalue weighted by atomic mass is 9.47. The average molecular weight is 396 g/mol. The molecule has 2 fully saturated rings. The van der Waals surface area contributed by atoms with Gasteiger partial charge in [-0.25, -0.2) is 0 Å². The Bertz CT molecular complexity index is 1080. The van der Waals surface area contributed by atoms with Crippen LogP contribution >= 0.6 is 0 Å². The molecule has 0 amide bonds. The van der Waals surface area contributed by atoms with Gasteiger partial charge in [0, 0.05) is 25.7 Å². The highest BCUT2D eigenvalue weighted by Gasteiger charge is 2.56. The van der Waals surface area contributed by atoms with Gasteiger partial charge < -0.3 is 4.74 Å². The zero-order chi connectivity index (χ0) is 23.7. The number of pyridine rings is 1. The molecule has 0 N–H and O–H groups in total. The van der Waals surface area contributed by atoms with Crippen LogP contribution in [-0.4, -0.2) is 17.1 Å². The van der Waals surface area contributed by atoms with Crippen LogP contribution in [0.3, 0.4) is 0 Å². The van der Waals surface area contributed by atoms with E-state index in [0.717, 1.165) is 50.5 Å². The SMILES string of the molecule is [2H]c1nc([2H])c(C2=CC[C@H]3[C@@H]4CC=C5C[C@@H](OC(C)=O)CC[C@]5(C)[C@H]4CC[C@]23C)c([2H])c1[2H]. The van der Waals surface area contributed by atoms with Crippen LogP contribution in [0.15, 0.2) is 42.2 Å². The number of rotatable bonds is 2. The van der Waals surface area contributed by atoms with Gasteiger partial charge in [0.1, 0.15) is 6.10 Å². The monoisotopic (exact) mass is 395 g/mol. The topological polar surface area (TPSA) is 39.2 Å². The third-order valence-corrected chi connectivity index (χ3v) is 8.71. The quantitative estimate of drug-likeness (QED) is 0.457. The van der Waals surface area contributed by atoms with Crippen LogP contribution in [0, 0.1) is 28.6 Å². The molecule has 3 heteroatoms. The number of allylic oxidation sites excluding steroid dienone is 3. The summed E-state index contributed by atoms with van der Waals surface area (Å²) in [5.41, 5.74) is 2.93. The van der Waals surface area contributed by atoms with Gasteiger partial charge in [0.2, 0.25) is 0 Å². The van der Waals surface area contributed by atoms with E-state index in [1.807, 2.05) is 0 Å². The molecule has 0 radical (unpaired) electrons. The summed E-state index contributed by atoms with van der Waals surface area (Å²) in [5, 5.41) is 0. The summed E-state index contributed by atoms with van der Waals surface area (Å²) in [6.45, 7) is 6.19. The van der Waals surface area contributed by atoms with Crippen molar-refractivity contribution >= 4 is 11.5 Å². The van der Waals surface area contributed by atoms with E-state index in [1.165, 1.54) is 12.5 Å². The van der Waals surface area contributed by atoms with E-state index in [0.29, 0.717) is 23.3 Å². The van der Waals surface area contributed by atoms with E-state index in [4.69, 9.17) is 10.2 Å². The van der Waals surface area contributed by atoms with Gasteiger partial charge in [0.15, 0.2) is 0 Å². The zero-order valence-electron chi connectivity index (χ0n) is 21.7. The Hall–Kier alpha value is -1.90. The van der Waals surface area contributed by atoms with Gasteiger partial charge in [-0.15, -0.1) is 0 Å². The van der Waals surface area contributed by atoms with E-state index in [-0.39, 0.29) is 47.3 Å². The Labute approximate surface area is 180 Å². The molecule has 0 spiro atoms. The molecule has 0 aromatic carbocycles. The van der Waals surface area contributed by atoms with Crippen molar-refractivity contribution in [3.8, 4) is 0 Å². The highest BCUT2D eigenvalue weighted by Crippen LogP contribution is 2.66. The zero-order valence-corrected chi connectivity index (χ0v) is 17.7. The molecule has 4 aliphatic rings. The van der Waals surface area contributed by atoms with Crippen molar-refractivity contribution in [1.82, 2.24) is 4.98 Å². The minimum absolute atomic E-state index is 0.00417. The fraction of sp³-hybridized carbons (Fsp3) is 0.615. The highest BCUT2D eigenvalue weighted by molar-refractivity contribution is 5.72. The molecule has 154 valence electrons. The predicted octanol–water partition coefficient (Wildman–Crippen LogP) is 5.97. The molecule has 1 aromatic rings. The Morgan fingerprint density at radius 2 is 2.00 bits per heavy atom. The van der Waals surface area contributed by atoms with Crippen molar-refractivity contribution in [2.75, 3.05) is 0 Å². The number of esters is 1. The molecule has 5 rings (SSSR count). The molecule has 1 heterocycles. The molecule has 4 aliphatic carbocycles. The summed E-state index contributed by atoms with van der Waals surface area (Å²) in [7, 11) is 0. The summed E-state index contributed by atoms with van der Waals surface area (Å²) in [6, 6.07) is -0.221. The van der Waals surface area contributed by atoms with Crippen molar-refractivity contribution in [3.63, 3.8) is 0 Å². The van der Waals surface area contributed by atoms with Crippen LogP contribution in [0.4, 0.5) is 0 Å². The molecule has 2 saturated carbocycles. The molecule has 6 atom stereocenters. The molecule has 0 saturated heterocycles. The van der Waals surface area contributed by atoms with E-state index in [1.54, 1.807) is 0 Å². The van der Waals surface area contributed by atoms with Gasteiger partial charge in [-0.1, -0.05) is 37.6 Å². The molecule has 0 bridgehead atoms. The Balaban J connectivity index is 1.45. The number of carbonyl (C=O) groups is 1. The third-order valence-electron chi connectivity index (χ3n) is 8.71. The maximum absolute atomic E-state index is 11.5. The first-order chi connectivity index (χ1) is 15.6. The van der Waals surface area contributed by atoms with Crippen molar-refractivity contribution < 1.29 is 15.0 Å². The third kappa shape index (κ3) is 2.92. The lowest BCUT2D eigenvalue weighted by molar-refractivity contribution is -0.148. The van der Waals surface area contributed by atoms with E-state index in [9.17, 15) is 4.79 Å². The summed E-state index contributed by atoms with van der Waals surface area (Å²) < 4.78 is 38.3. The van der Waals surface area contributed by atoms with Gasteiger partial charge >= 0.3 is 5.97 Å². The maximum Gasteiger partial charge on any atom is 0.302 e. The van der Waals surface area contributed by atoms with Crippen molar-refractivity contribution in [2.45, 2.75) is 71.8 Å². The normalized spacial score (nSPS) is 42.7. The van der Waals surface area contributed by atoms with Crippen LogP contribution in [0.2, 0.25) is 0 Å². The first-order valence-electron chi connectivity index (χ1n) is 13.1. The minimum Gasteiger partial charge on any atom is -0.462 e. The van der Waals surface area contributed by atoms with E-state index < -0.39 is 0 Å². The van der Waals surface area contributed by atoms with Crippen LogP contribution < -0.4 is 0 Å². The fourth-order valence-electron chi connectivity index (χ4n) is 7.28. The van der Waals surface area contributed by atoms with Gasteiger partial charge in [-0.2, -0.15) is 0 Å². The van der Waals surface area contributed by atoms with E-state index >= 15 is 0 Å². The predicted molar refractivity (Wildman–Crippen MR) is 115 cm³/mol. The lowest BCUT2D eigenvalue weighted by Crippen LogP contribution is -2.50. The number of aromatic nitrogens is 1. The summed E-state index contributed by atoms with van der Waals surface area (Å²) in [4.78, 5) is 15.4. The summed E-state index contributed by atoms with van der Waals surface area (Å²) in [5.74, 6) is 1.38. The van der Waals surface area contributed by atoms with E-state index in [2.05, 4.69) is 31.0 Å². The van der Waals surface area contributed by atoms with Crippen molar-refractivity contribution in [1.29, 1.82) is 0 Å². The van der Waals surface area contributed by atoms with Crippen LogP contribution in [0.5, 0.6) is 0 Å². The number of ether oxygens (including phenoxy) is 1. The first kappa shape index (κ1) is 15.0. The molecule has 0 aliphatic heterocycles. The number of carbonyl (C=O) groups excluding carboxylic acids is 1. The Kier molecular flexibility index (Phi) is 3.52. The molecular formula is C26H33NO2. The Morgan fingerprint density at radius 1 is 1.17 bits per heavy atom. The summed E-state index contributed by atoms with van der Waals surface area (Å²) in [6.07, 6.45) is 11.2. The second-order valence-corrected chi connectivity index (χ2v) is 10.0. The fourth-order valence-corrected chi connectivity index (χ4v) is 7.28. The number of hydrogen-bond donors (Lipinski definition) is 0. The maximum atomic E-state index is 11.5. The minimum atomic E-state index is -0.292. The van der Waals surface area contributed by atoms with Gasteiger partial charge in [0.05, 0.1) is 5.48 Å². The lowest BCUT2D eigenvalue weighted by Gasteiger charge is -2.57. The van der Waals surface area contributed by atoms with Crippen LogP contribution in [0.1, 0.15) is 76.8 Å². The van der Waals surface area contributed by atoms with Crippen molar-refractivity contribution in [2.24, 2.45) is 28.6 Å².